The Labute approximate surface area is 128 Å². The minimum absolute atomic E-state index is 0.0510. The second-order valence-electron chi connectivity index (χ2n) is 6.08. The second kappa shape index (κ2) is 7.87. The van der Waals surface area contributed by atoms with Gasteiger partial charge in [-0.25, -0.2) is 0 Å². The van der Waals surface area contributed by atoms with Gasteiger partial charge in [-0.1, -0.05) is 6.92 Å². The SMILES string of the molecule is CCCOC1CCCN(S(=O)(=O)N2CCC(CN)CC2)C1. The molecular formula is C14H29N3O3S. The van der Waals surface area contributed by atoms with Crippen molar-refractivity contribution in [3.8, 4) is 0 Å². The minimum atomic E-state index is -3.33. The Morgan fingerprint density at radius 1 is 1.14 bits per heavy atom. The molecule has 0 saturated carbocycles. The Bertz CT molecular complexity index is 408. The molecule has 0 bridgehead atoms. The van der Waals surface area contributed by atoms with E-state index in [1.54, 1.807) is 8.61 Å². The topological polar surface area (TPSA) is 75.9 Å². The van der Waals surface area contributed by atoms with Crippen molar-refractivity contribution < 1.29 is 13.2 Å². The van der Waals surface area contributed by atoms with Crippen molar-refractivity contribution in [3.05, 3.63) is 0 Å². The van der Waals surface area contributed by atoms with Crippen LogP contribution in [0.1, 0.15) is 39.0 Å². The van der Waals surface area contributed by atoms with Crippen LogP contribution in [0.2, 0.25) is 0 Å². The molecule has 2 aliphatic heterocycles. The molecule has 21 heavy (non-hydrogen) atoms. The van der Waals surface area contributed by atoms with E-state index < -0.39 is 10.2 Å². The van der Waals surface area contributed by atoms with Crippen LogP contribution in [0.25, 0.3) is 0 Å². The highest BCUT2D eigenvalue weighted by Gasteiger charge is 2.35. The third-order valence-corrected chi connectivity index (χ3v) is 6.46. The summed E-state index contributed by atoms with van der Waals surface area (Å²) in [6.45, 7) is 5.75. The third kappa shape index (κ3) is 4.39. The smallest absolute Gasteiger partial charge is 0.282 e. The van der Waals surface area contributed by atoms with Crippen LogP contribution in [0.3, 0.4) is 0 Å². The molecular weight excluding hydrogens is 290 g/mol. The molecule has 0 amide bonds. The molecule has 6 nitrogen and oxygen atoms in total. The van der Waals surface area contributed by atoms with E-state index in [0.29, 0.717) is 45.2 Å². The monoisotopic (exact) mass is 319 g/mol. The molecule has 0 aromatic heterocycles. The third-order valence-electron chi connectivity index (χ3n) is 4.46. The van der Waals surface area contributed by atoms with Gasteiger partial charge in [0.2, 0.25) is 0 Å². The van der Waals surface area contributed by atoms with E-state index in [4.69, 9.17) is 10.5 Å². The summed E-state index contributed by atoms with van der Waals surface area (Å²) in [5, 5.41) is 0. The number of nitrogens with two attached hydrogens (primary N) is 1. The zero-order valence-electron chi connectivity index (χ0n) is 13.0. The summed E-state index contributed by atoms with van der Waals surface area (Å²) in [4.78, 5) is 0. The Hall–Kier alpha value is -0.210. The molecule has 0 spiro atoms. The van der Waals surface area contributed by atoms with Crippen LogP contribution in [0.5, 0.6) is 0 Å². The molecule has 2 saturated heterocycles. The lowest BCUT2D eigenvalue weighted by Crippen LogP contribution is -2.52. The van der Waals surface area contributed by atoms with Crippen molar-refractivity contribution in [2.24, 2.45) is 11.7 Å². The van der Waals surface area contributed by atoms with Crippen molar-refractivity contribution in [3.63, 3.8) is 0 Å². The van der Waals surface area contributed by atoms with Gasteiger partial charge in [0.15, 0.2) is 0 Å². The Morgan fingerprint density at radius 2 is 1.86 bits per heavy atom. The van der Waals surface area contributed by atoms with Crippen LogP contribution >= 0.6 is 0 Å². The maximum atomic E-state index is 12.7. The molecule has 1 unspecified atom stereocenters. The fraction of sp³-hybridized carbons (Fsp3) is 1.00. The lowest BCUT2D eigenvalue weighted by Gasteiger charge is -2.38. The highest BCUT2D eigenvalue weighted by Crippen LogP contribution is 2.23. The average molecular weight is 319 g/mol. The van der Waals surface area contributed by atoms with E-state index in [2.05, 4.69) is 6.92 Å². The molecule has 0 radical (unpaired) electrons. The first-order chi connectivity index (χ1) is 10.1. The molecule has 0 aliphatic carbocycles. The largest absolute Gasteiger partial charge is 0.377 e. The second-order valence-corrected chi connectivity index (χ2v) is 8.01. The molecule has 0 aromatic rings. The fourth-order valence-corrected chi connectivity index (χ4v) is 4.79. The maximum Gasteiger partial charge on any atom is 0.282 e. The zero-order chi connectivity index (χ0) is 15.3. The van der Waals surface area contributed by atoms with Gasteiger partial charge in [-0.15, -0.1) is 0 Å². The van der Waals surface area contributed by atoms with Crippen molar-refractivity contribution in [2.75, 3.05) is 39.3 Å². The van der Waals surface area contributed by atoms with Crippen molar-refractivity contribution in [1.82, 2.24) is 8.61 Å². The number of hydrogen-bond donors (Lipinski definition) is 1. The van der Waals surface area contributed by atoms with E-state index in [1.165, 1.54) is 0 Å². The highest BCUT2D eigenvalue weighted by atomic mass is 32.2. The predicted octanol–water partition coefficient (Wildman–Crippen LogP) is 0.793. The normalized spacial score (nSPS) is 27.0. The van der Waals surface area contributed by atoms with Crippen LogP contribution in [0, 0.1) is 5.92 Å². The molecule has 2 rings (SSSR count). The van der Waals surface area contributed by atoms with Gasteiger partial charge >= 0.3 is 0 Å². The van der Waals surface area contributed by atoms with Crippen molar-refractivity contribution in [2.45, 2.75) is 45.1 Å². The van der Waals surface area contributed by atoms with Crippen LogP contribution in [0.4, 0.5) is 0 Å². The lowest BCUT2D eigenvalue weighted by atomic mass is 9.99. The molecule has 7 heteroatoms. The van der Waals surface area contributed by atoms with Gasteiger partial charge in [0, 0.05) is 32.8 Å². The van der Waals surface area contributed by atoms with Gasteiger partial charge in [-0.2, -0.15) is 17.0 Å². The molecule has 2 aliphatic rings. The summed E-state index contributed by atoms with van der Waals surface area (Å²) in [6.07, 6.45) is 4.61. The van der Waals surface area contributed by atoms with Gasteiger partial charge in [0.1, 0.15) is 0 Å². The maximum absolute atomic E-state index is 12.7. The Balaban J connectivity index is 1.92. The quantitative estimate of drug-likeness (QED) is 0.785. The molecule has 1 atom stereocenters. The van der Waals surface area contributed by atoms with E-state index in [9.17, 15) is 8.42 Å². The first-order valence-electron chi connectivity index (χ1n) is 8.14. The molecule has 2 N–H and O–H groups in total. The fourth-order valence-electron chi connectivity index (χ4n) is 3.07. The van der Waals surface area contributed by atoms with Gasteiger partial charge in [-0.05, 0) is 44.6 Å². The van der Waals surface area contributed by atoms with Crippen LogP contribution < -0.4 is 5.73 Å². The van der Waals surface area contributed by atoms with Crippen LogP contribution in [0.15, 0.2) is 0 Å². The summed E-state index contributed by atoms with van der Waals surface area (Å²) in [5.41, 5.74) is 5.67. The predicted molar refractivity (Wildman–Crippen MR) is 83.1 cm³/mol. The zero-order valence-corrected chi connectivity index (χ0v) is 13.9. The van der Waals surface area contributed by atoms with Gasteiger partial charge < -0.3 is 10.5 Å². The summed E-state index contributed by atoms with van der Waals surface area (Å²) < 4.78 is 34.4. The van der Waals surface area contributed by atoms with E-state index in [1.807, 2.05) is 0 Å². The van der Waals surface area contributed by atoms with Gasteiger partial charge in [-0.3, -0.25) is 0 Å². The first-order valence-corrected chi connectivity index (χ1v) is 9.54. The minimum Gasteiger partial charge on any atom is -0.377 e. The van der Waals surface area contributed by atoms with E-state index in [0.717, 1.165) is 32.1 Å². The number of nitrogens with zero attached hydrogens (tertiary/aromatic N) is 2. The van der Waals surface area contributed by atoms with E-state index in [-0.39, 0.29) is 6.10 Å². The van der Waals surface area contributed by atoms with Gasteiger partial charge in [0.05, 0.1) is 6.10 Å². The Morgan fingerprint density at radius 3 is 2.48 bits per heavy atom. The summed E-state index contributed by atoms with van der Waals surface area (Å²) in [5.74, 6) is 0.471. The molecule has 124 valence electrons. The summed E-state index contributed by atoms with van der Waals surface area (Å²) in [7, 11) is -3.33. The van der Waals surface area contributed by atoms with Crippen molar-refractivity contribution in [1.29, 1.82) is 0 Å². The summed E-state index contributed by atoms with van der Waals surface area (Å²) >= 11 is 0. The first kappa shape index (κ1) is 17.1. The lowest BCUT2D eigenvalue weighted by molar-refractivity contribution is 0.0178. The van der Waals surface area contributed by atoms with Crippen molar-refractivity contribution >= 4 is 10.2 Å². The molecule has 0 aromatic carbocycles. The summed E-state index contributed by atoms with van der Waals surface area (Å²) in [6, 6.07) is 0. The number of rotatable bonds is 6. The Kier molecular flexibility index (Phi) is 6.43. The molecule has 2 fully saturated rings. The van der Waals surface area contributed by atoms with Gasteiger partial charge in [0.25, 0.3) is 10.2 Å². The molecule has 2 heterocycles. The van der Waals surface area contributed by atoms with E-state index >= 15 is 0 Å². The number of piperidine rings is 2. The number of hydrogen-bond acceptors (Lipinski definition) is 4. The number of ether oxygens (including phenoxy) is 1. The highest BCUT2D eigenvalue weighted by molar-refractivity contribution is 7.86. The standard InChI is InChI=1S/C14H29N3O3S/c1-2-10-20-14-4-3-7-17(12-14)21(18,19)16-8-5-13(11-15)6-9-16/h13-14H,2-12,15H2,1H3. The van der Waals surface area contributed by atoms with Crippen LogP contribution in [-0.4, -0.2) is 62.5 Å². The average Bonchev–Trinajstić information content (AvgIpc) is 2.53. The van der Waals surface area contributed by atoms with Crippen LogP contribution in [-0.2, 0) is 14.9 Å².